The second kappa shape index (κ2) is 8.22. The number of benzene rings is 3. The third-order valence-corrected chi connectivity index (χ3v) is 6.53. The molecule has 0 aliphatic heterocycles. The smallest absolute Gasteiger partial charge is 0.264 e. The predicted molar refractivity (Wildman–Crippen MR) is 113 cm³/mol. The first-order valence-corrected chi connectivity index (χ1v) is 10.4. The quantitative estimate of drug-likeness (QED) is 0.609. The SMILES string of the molecule is CN(c1ccc(C(=O)Nc2ccccc2Cl)c(Cl)c1)S(=O)(=O)c1ccccc1. The molecule has 0 unspecified atom stereocenters. The van der Waals surface area contributed by atoms with Crippen LogP contribution in [0.2, 0.25) is 10.0 Å². The molecule has 0 bridgehead atoms. The number of anilines is 2. The van der Waals surface area contributed by atoms with Gasteiger partial charge in [0.15, 0.2) is 0 Å². The zero-order chi connectivity index (χ0) is 20.3. The highest BCUT2D eigenvalue weighted by Gasteiger charge is 2.22. The van der Waals surface area contributed by atoms with E-state index in [0.717, 1.165) is 4.31 Å². The lowest BCUT2D eigenvalue weighted by atomic mass is 10.2. The summed E-state index contributed by atoms with van der Waals surface area (Å²) in [5.41, 5.74) is 0.997. The molecular weight excluding hydrogens is 419 g/mol. The third-order valence-electron chi connectivity index (χ3n) is 4.08. The Hall–Kier alpha value is -2.54. The van der Waals surface area contributed by atoms with Gasteiger partial charge in [0.05, 0.1) is 31.9 Å². The molecule has 8 heteroatoms. The Morgan fingerprint density at radius 3 is 2.18 bits per heavy atom. The Kier molecular flexibility index (Phi) is 5.93. The summed E-state index contributed by atoms with van der Waals surface area (Å²) in [4.78, 5) is 12.7. The Labute approximate surface area is 173 Å². The van der Waals surface area contributed by atoms with Crippen LogP contribution in [0.5, 0.6) is 0 Å². The first-order chi connectivity index (χ1) is 13.3. The van der Waals surface area contributed by atoms with Gasteiger partial charge in [0, 0.05) is 7.05 Å². The van der Waals surface area contributed by atoms with Crippen molar-refractivity contribution in [1.29, 1.82) is 0 Å². The molecule has 1 N–H and O–H groups in total. The van der Waals surface area contributed by atoms with E-state index in [-0.39, 0.29) is 15.5 Å². The Bertz CT molecular complexity index is 1120. The Morgan fingerprint density at radius 1 is 0.893 bits per heavy atom. The molecule has 0 saturated carbocycles. The predicted octanol–water partition coefficient (Wildman–Crippen LogP) is 5.07. The minimum Gasteiger partial charge on any atom is -0.321 e. The highest BCUT2D eigenvalue weighted by atomic mass is 35.5. The van der Waals surface area contributed by atoms with Gasteiger partial charge < -0.3 is 5.32 Å². The van der Waals surface area contributed by atoms with E-state index in [1.165, 1.54) is 37.4 Å². The normalized spacial score (nSPS) is 11.1. The largest absolute Gasteiger partial charge is 0.321 e. The molecule has 0 radical (unpaired) electrons. The lowest BCUT2D eigenvalue weighted by Crippen LogP contribution is -2.26. The van der Waals surface area contributed by atoms with Crippen molar-refractivity contribution in [2.24, 2.45) is 0 Å². The number of carbonyl (C=O) groups is 1. The van der Waals surface area contributed by atoms with Gasteiger partial charge >= 0.3 is 0 Å². The van der Waals surface area contributed by atoms with Crippen LogP contribution in [-0.2, 0) is 10.0 Å². The summed E-state index contributed by atoms with van der Waals surface area (Å²) < 4.78 is 26.6. The number of nitrogens with zero attached hydrogens (tertiary/aromatic N) is 1. The number of carbonyl (C=O) groups excluding carboxylic acids is 1. The van der Waals surface area contributed by atoms with Crippen molar-refractivity contribution in [3.8, 4) is 0 Å². The van der Waals surface area contributed by atoms with Gasteiger partial charge in [-0.05, 0) is 42.5 Å². The molecule has 144 valence electrons. The van der Waals surface area contributed by atoms with Crippen molar-refractivity contribution >= 4 is 50.5 Å². The van der Waals surface area contributed by atoms with E-state index in [0.29, 0.717) is 16.4 Å². The van der Waals surface area contributed by atoms with Gasteiger partial charge in [0.2, 0.25) is 0 Å². The van der Waals surface area contributed by atoms with Crippen molar-refractivity contribution in [3.63, 3.8) is 0 Å². The van der Waals surface area contributed by atoms with Gasteiger partial charge in [-0.1, -0.05) is 53.5 Å². The second-order valence-electron chi connectivity index (χ2n) is 5.88. The molecule has 3 aromatic carbocycles. The van der Waals surface area contributed by atoms with Crippen molar-refractivity contribution in [3.05, 3.63) is 88.4 Å². The zero-order valence-electron chi connectivity index (χ0n) is 14.8. The van der Waals surface area contributed by atoms with E-state index < -0.39 is 15.9 Å². The molecule has 0 fully saturated rings. The molecule has 1 amide bonds. The monoisotopic (exact) mass is 434 g/mol. The average molecular weight is 435 g/mol. The number of nitrogens with one attached hydrogen (secondary N) is 1. The van der Waals surface area contributed by atoms with Crippen molar-refractivity contribution in [1.82, 2.24) is 0 Å². The molecule has 3 rings (SSSR count). The highest BCUT2D eigenvalue weighted by molar-refractivity contribution is 7.92. The molecule has 28 heavy (non-hydrogen) atoms. The molecular formula is C20H16Cl2N2O3S. The van der Waals surface area contributed by atoms with E-state index in [9.17, 15) is 13.2 Å². The van der Waals surface area contributed by atoms with Gasteiger partial charge in [-0.2, -0.15) is 0 Å². The van der Waals surface area contributed by atoms with E-state index in [2.05, 4.69) is 5.32 Å². The van der Waals surface area contributed by atoms with Crippen LogP contribution in [0, 0.1) is 0 Å². The summed E-state index contributed by atoms with van der Waals surface area (Å²) in [7, 11) is -2.31. The van der Waals surface area contributed by atoms with Crippen LogP contribution in [0.15, 0.2) is 77.7 Å². The van der Waals surface area contributed by atoms with E-state index in [1.807, 2.05) is 0 Å². The Morgan fingerprint density at radius 2 is 1.54 bits per heavy atom. The van der Waals surface area contributed by atoms with Gasteiger partial charge in [-0.3, -0.25) is 9.10 Å². The molecule has 0 aliphatic rings. The fraction of sp³-hybridized carbons (Fsp3) is 0.0500. The average Bonchev–Trinajstić information content (AvgIpc) is 2.69. The molecule has 0 spiro atoms. The maximum absolute atomic E-state index is 12.7. The van der Waals surface area contributed by atoms with Crippen molar-refractivity contribution in [2.45, 2.75) is 4.90 Å². The third kappa shape index (κ3) is 4.14. The molecule has 5 nitrogen and oxygen atoms in total. The zero-order valence-corrected chi connectivity index (χ0v) is 17.1. The van der Waals surface area contributed by atoms with Gasteiger partial charge in [-0.25, -0.2) is 8.42 Å². The fourth-order valence-electron chi connectivity index (χ4n) is 2.53. The van der Waals surface area contributed by atoms with Crippen LogP contribution < -0.4 is 9.62 Å². The Balaban J connectivity index is 1.86. The first-order valence-electron chi connectivity index (χ1n) is 8.20. The topological polar surface area (TPSA) is 66.5 Å². The molecule has 3 aromatic rings. The van der Waals surface area contributed by atoms with Gasteiger partial charge in [0.25, 0.3) is 15.9 Å². The molecule has 0 aliphatic carbocycles. The maximum atomic E-state index is 12.7. The van der Waals surface area contributed by atoms with Crippen LogP contribution in [0.25, 0.3) is 0 Å². The second-order valence-corrected chi connectivity index (χ2v) is 8.67. The summed E-state index contributed by atoms with van der Waals surface area (Å²) in [5, 5.41) is 3.21. The van der Waals surface area contributed by atoms with E-state index >= 15 is 0 Å². The summed E-state index contributed by atoms with van der Waals surface area (Å²) in [6.45, 7) is 0. The number of hydrogen-bond donors (Lipinski definition) is 1. The molecule has 0 heterocycles. The standard InChI is InChI=1S/C20H16Cl2N2O3S/c1-24(28(26,27)15-7-3-2-4-8-15)14-11-12-16(18(22)13-14)20(25)23-19-10-6-5-9-17(19)21/h2-13H,1H3,(H,23,25). The number of halogens is 2. The summed E-state index contributed by atoms with van der Waals surface area (Å²) >= 11 is 12.3. The van der Waals surface area contributed by atoms with E-state index in [1.54, 1.807) is 42.5 Å². The van der Waals surface area contributed by atoms with Gasteiger partial charge in [0.1, 0.15) is 0 Å². The molecule has 0 atom stereocenters. The van der Waals surface area contributed by atoms with Crippen LogP contribution >= 0.6 is 23.2 Å². The number of hydrogen-bond acceptors (Lipinski definition) is 3. The van der Waals surface area contributed by atoms with Crippen molar-refractivity contribution < 1.29 is 13.2 Å². The highest BCUT2D eigenvalue weighted by Crippen LogP contribution is 2.28. The summed E-state index contributed by atoms with van der Waals surface area (Å²) in [6.07, 6.45) is 0. The minimum atomic E-state index is -3.74. The van der Waals surface area contributed by atoms with Crippen LogP contribution in [-0.4, -0.2) is 21.4 Å². The van der Waals surface area contributed by atoms with Crippen LogP contribution in [0.3, 0.4) is 0 Å². The lowest BCUT2D eigenvalue weighted by molar-refractivity contribution is 0.102. The summed E-state index contributed by atoms with van der Waals surface area (Å²) in [6, 6.07) is 19.3. The summed E-state index contributed by atoms with van der Waals surface area (Å²) in [5.74, 6) is -0.446. The molecule has 0 saturated heterocycles. The molecule has 0 aromatic heterocycles. The minimum absolute atomic E-state index is 0.122. The van der Waals surface area contributed by atoms with Gasteiger partial charge in [-0.15, -0.1) is 0 Å². The first kappa shape index (κ1) is 20.2. The maximum Gasteiger partial charge on any atom is 0.264 e. The fourth-order valence-corrected chi connectivity index (χ4v) is 4.18. The van der Waals surface area contributed by atoms with E-state index in [4.69, 9.17) is 23.2 Å². The van der Waals surface area contributed by atoms with Crippen molar-refractivity contribution in [2.75, 3.05) is 16.7 Å². The van der Waals surface area contributed by atoms with Crippen LogP contribution in [0.4, 0.5) is 11.4 Å². The number of para-hydroxylation sites is 1. The lowest BCUT2D eigenvalue weighted by Gasteiger charge is -2.20. The van der Waals surface area contributed by atoms with Crippen LogP contribution in [0.1, 0.15) is 10.4 Å². The number of amides is 1. The number of rotatable bonds is 5. The number of sulfonamides is 1.